The topological polar surface area (TPSA) is 59.4 Å². The summed E-state index contributed by atoms with van der Waals surface area (Å²) in [6, 6.07) is 56.4. The van der Waals surface area contributed by atoms with E-state index in [1.165, 1.54) is 11.1 Å². The van der Waals surface area contributed by atoms with Crippen LogP contribution >= 0.6 is 0 Å². The van der Waals surface area contributed by atoms with Crippen molar-refractivity contribution in [1.82, 2.24) is 19.1 Å². The van der Waals surface area contributed by atoms with Crippen LogP contribution in [0.5, 0.6) is 0 Å². The molecule has 7 aromatic carbocycles. The van der Waals surface area contributed by atoms with E-state index in [-0.39, 0.29) is 0 Å². The van der Waals surface area contributed by atoms with Gasteiger partial charge in [0.15, 0.2) is 5.82 Å². The van der Waals surface area contributed by atoms with Gasteiger partial charge in [0.25, 0.3) is 0 Å². The zero-order chi connectivity index (χ0) is 38.1. The predicted octanol–water partition coefficient (Wildman–Crippen LogP) is 12.8. The molecule has 0 atom stereocenters. The van der Waals surface area contributed by atoms with Gasteiger partial charge in [-0.3, -0.25) is 0 Å². The number of fused-ring (bicyclic) bond motifs is 6. The summed E-state index contributed by atoms with van der Waals surface area (Å²) < 4.78 is 4.55. The van der Waals surface area contributed by atoms with E-state index in [4.69, 9.17) is 9.97 Å². The Kier molecular flexibility index (Phi) is 7.69. The van der Waals surface area contributed by atoms with Crippen LogP contribution in [0.3, 0.4) is 0 Å². The maximum absolute atomic E-state index is 11.1. The van der Waals surface area contributed by atoms with Crippen molar-refractivity contribution in [3.05, 3.63) is 180 Å². The Bertz CT molecular complexity index is 3240. The van der Waals surface area contributed by atoms with Gasteiger partial charge in [0, 0.05) is 38.5 Å². The number of aromatic nitrogens is 4. The van der Waals surface area contributed by atoms with Gasteiger partial charge >= 0.3 is 0 Å². The minimum Gasteiger partial charge on any atom is -0.308 e. The van der Waals surface area contributed by atoms with Gasteiger partial charge in [0.1, 0.15) is 6.07 Å². The molecule has 266 valence electrons. The minimum atomic E-state index is 0.553. The number of nitriles is 1. The monoisotopic (exact) mass is 719 g/mol. The fourth-order valence-corrected chi connectivity index (χ4v) is 8.53. The minimum absolute atomic E-state index is 0.553. The van der Waals surface area contributed by atoms with Gasteiger partial charge in [-0.15, -0.1) is 0 Å². The molecule has 56 heavy (non-hydrogen) atoms. The molecule has 0 radical (unpaired) electrons. The predicted molar refractivity (Wildman–Crippen MR) is 231 cm³/mol. The average Bonchev–Trinajstić information content (AvgIpc) is 3.72. The lowest BCUT2D eigenvalue weighted by Gasteiger charge is -2.18. The number of para-hydroxylation sites is 2. The number of hydrogen-bond acceptors (Lipinski definition) is 3. The van der Waals surface area contributed by atoms with E-state index in [1.54, 1.807) is 0 Å². The first-order valence-electron chi connectivity index (χ1n) is 19.0. The fraction of sp³-hybridized carbons (Fsp3) is 0.0784. The summed E-state index contributed by atoms with van der Waals surface area (Å²) in [5.74, 6) is 0.616. The van der Waals surface area contributed by atoms with Gasteiger partial charge in [-0.2, -0.15) is 5.26 Å². The average molecular weight is 720 g/mol. The Labute approximate surface area is 325 Å². The van der Waals surface area contributed by atoms with Crippen LogP contribution < -0.4 is 0 Å². The number of hydrogen-bond donors (Lipinski definition) is 0. The molecule has 0 N–H and O–H groups in total. The zero-order valence-electron chi connectivity index (χ0n) is 31.7. The molecule has 3 heterocycles. The second kappa shape index (κ2) is 12.9. The first kappa shape index (κ1) is 33.3. The van der Waals surface area contributed by atoms with E-state index in [0.29, 0.717) is 11.4 Å². The smallest absolute Gasteiger partial charge is 0.161 e. The molecule has 0 bridgehead atoms. The molecule has 3 aromatic heterocycles. The van der Waals surface area contributed by atoms with E-state index in [9.17, 15) is 5.26 Å². The number of aryl methyl sites for hydroxylation is 4. The summed E-state index contributed by atoms with van der Waals surface area (Å²) in [7, 11) is 0. The summed E-state index contributed by atoms with van der Waals surface area (Å²) in [5, 5.41) is 15.7. The zero-order valence-corrected chi connectivity index (χ0v) is 31.7. The van der Waals surface area contributed by atoms with Crippen molar-refractivity contribution in [3.8, 4) is 51.1 Å². The van der Waals surface area contributed by atoms with Gasteiger partial charge in [-0.25, -0.2) is 9.97 Å². The first-order valence-corrected chi connectivity index (χ1v) is 19.0. The summed E-state index contributed by atoms with van der Waals surface area (Å²) in [4.78, 5) is 10.1. The molecule has 5 nitrogen and oxygen atoms in total. The lowest BCUT2D eigenvalue weighted by Crippen LogP contribution is -2.06. The summed E-state index contributed by atoms with van der Waals surface area (Å²) in [6.07, 6.45) is 0. The fourth-order valence-electron chi connectivity index (χ4n) is 8.53. The Morgan fingerprint density at radius 2 is 0.911 bits per heavy atom. The van der Waals surface area contributed by atoms with Crippen molar-refractivity contribution < 1.29 is 0 Å². The quantitative estimate of drug-likeness (QED) is 0.178. The van der Waals surface area contributed by atoms with E-state index < -0.39 is 0 Å². The van der Waals surface area contributed by atoms with Crippen LogP contribution in [0.25, 0.3) is 88.6 Å². The van der Waals surface area contributed by atoms with Crippen LogP contribution in [0, 0.1) is 39.0 Å². The van der Waals surface area contributed by atoms with Crippen LogP contribution in [-0.2, 0) is 0 Å². The van der Waals surface area contributed by atoms with Crippen LogP contribution in [0.2, 0.25) is 0 Å². The SMILES string of the molecule is Cc1cccc(-c2ccc3c4ccccc4n(-c4cc(-c5nc(C)cc(C)n5)c(-n5c6ccccc6c6ccc(-c7cccc(C)c7)cc65)cc4C#N)c3c2)c1. The molecule has 0 saturated carbocycles. The van der Waals surface area contributed by atoms with Crippen molar-refractivity contribution in [2.45, 2.75) is 27.7 Å². The highest BCUT2D eigenvalue weighted by atomic mass is 15.0. The van der Waals surface area contributed by atoms with Crippen molar-refractivity contribution in [1.29, 1.82) is 5.26 Å². The number of nitrogens with zero attached hydrogens (tertiary/aromatic N) is 5. The van der Waals surface area contributed by atoms with Gasteiger partial charge in [-0.1, -0.05) is 120 Å². The van der Waals surface area contributed by atoms with E-state index >= 15 is 0 Å². The highest BCUT2D eigenvalue weighted by Crippen LogP contribution is 2.41. The maximum atomic E-state index is 11.1. The Morgan fingerprint density at radius 1 is 0.429 bits per heavy atom. The summed E-state index contributed by atoms with van der Waals surface area (Å²) in [6.45, 7) is 8.27. The molecular formula is C51H37N5. The highest BCUT2D eigenvalue weighted by Gasteiger charge is 2.23. The van der Waals surface area contributed by atoms with E-state index in [2.05, 4.69) is 169 Å². The molecule has 0 aliphatic carbocycles. The second-order valence-electron chi connectivity index (χ2n) is 14.9. The van der Waals surface area contributed by atoms with Crippen LogP contribution in [-0.4, -0.2) is 19.1 Å². The molecular weight excluding hydrogens is 683 g/mol. The second-order valence-corrected chi connectivity index (χ2v) is 14.9. The molecule has 0 amide bonds. The Balaban J connectivity index is 1.32. The third kappa shape index (κ3) is 5.38. The lowest BCUT2D eigenvalue weighted by molar-refractivity contribution is 1.05. The van der Waals surface area contributed by atoms with Crippen molar-refractivity contribution >= 4 is 43.6 Å². The molecule has 10 rings (SSSR count). The third-order valence-corrected chi connectivity index (χ3v) is 11.0. The van der Waals surface area contributed by atoms with Crippen molar-refractivity contribution in [3.63, 3.8) is 0 Å². The standard InChI is InChI=1S/C51H37N5/c1-31-11-9-13-35(23-31)37-19-21-42-40-15-5-7-17-45(40)55(48(42)26-37)47-29-44(51-53-33(3)25-34(4)54-51)50(28-39(47)30-52)56-46-18-8-6-16-41(46)43-22-20-38(27-49(43)56)36-14-10-12-32(2)24-36/h5-29H,1-4H3. The molecule has 0 unspecified atom stereocenters. The van der Waals surface area contributed by atoms with E-state index in [1.807, 2.05) is 26.0 Å². The van der Waals surface area contributed by atoms with Crippen LogP contribution in [0.4, 0.5) is 0 Å². The Morgan fingerprint density at radius 3 is 1.43 bits per heavy atom. The largest absolute Gasteiger partial charge is 0.308 e. The summed E-state index contributed by atoms with van der Waals surface area (Å²) in [5.41, 5.74) is 15.9. The molecule has 0 fully saturated rings. The van der Waals surface area contributed by atoms with Crippen molar-refractivity contribution in [2.24, 2.45) is 0 Å². The molecule has 10 aromatic rings. The molecule has 0 spiro atoms. The van der Waals surface area contributed by atoms with Gasteiger partial charge in [-0.05, 0) is 92.4 Å². The van der Waals surface area contributed by atoms with Gasteiger partial charge in [0.2, 0.25) is 0 Å². The van der Waals surface area contributed by atoms with E-state index in [0.717, 1.165) is 94.2 Å². The third-order valence-electron chi connectivity index (χ3n) is 11.0. The van der Waals surface area contributed by atoms with Crippen molar-refractivity contribution in [2.75, 3.05) is 0 Å². The van der Waals surface area contributed by atoms with Crippen LogP contribution in [0.15, 0.2) is 152 Å². The maximum Gasteiger partial charge on any atom is 0.161 e. The first-order chi connectivity index (χ1) is 27.3. The normalized spacial score (nSPS) is 11.6. The summed E-state index contributed by atoms with van der Waals surface area (Å²) >= 11 is 0. The van der Waals surface area contributed by atoms with Gasteiger partial charge < -0.3 is 9.13 Å². The van der Waals surface area contributed by atoms with Crippen LogP contribution in [0.1, 0.15) is 28.1 Å². The number of rotatable bonds is 5. The Hall–Kier alpha value is -7.29. The molecule has 5 heteroatoms. The number of benzene rings is 7. The van der Waals surface area contributed by atoms with Gasteiger partial charge in [0.05, 0.1) is 39.0 Å². The lowest BCUT2D eigenvalue weighted by atomic mass is 10.0. The molecule has 0 saturated heterocycles. The molecule has 0 aliphatic heterocycles. The highest BCUT2D eigenvalue weighted by molar-refractivity contribution is 6.12. The molecule has 0 aliphatic rings.